The van der Waals surface area contributed by atoms with E-state index in [9.17, 15) is 0 Å². The normalized spacial score (nSPS) is 11.6. The largest absolute Gasteiger partial charge is 0.396 e. The number of hydrogen-bond acceptors (Lipinski definition) is 3. The lowest BCUT2D eigenvalue weighted by Gasteiger charge is -2.24. The summed E-state index contributed by atoms with van der Waals surface area (Å²) in [5.74, 6) is 0.774. The summed E-state index contributed by atoms with van der Waals surface area (Å²) in [5.41, 5.74) is 0.0372. The molecular weight excluding hydrogens is 291 g/mol. The zero-order valence-corrected chi connectivity index (χ0v) is 11.8. The summed E-state index contributed by atoms with van der Waals surface area (Å²) in [6, 6.07) is 1.80. The third-order valence-corrected chi connectivity index (χ3v) is 3.14. The second-order valence-electron chi connectivity index (χ2n) is 4.48. The standard InChI is InChI=1S/C11H16BrClN2O/c1-11(2,3-4-16)7-15-10-9(12)5-8(13)6-14-10/h5-6,16H,3-4,7H2,1-2H3,(H,14,15). The second-order valence-corrected chi connectivity index (χ2v) is 5.77. The average Bonchev–Trinajstić information content (AvgIpc) is 2.16. The molecule has 1 aromatic rings. The first-order valence-electron chi connectivity index (χ1n) is 5.10. The van der Waals surface area contributed by atoms with Gasteiger partial charge < -0.3 is 10.4 Å². The van der Waals surface area contributed by atoms with Crippen molar-refractivity contribution in [2.24, 2.45) is 5.41 Å². The molecule has 1 heterocycles. The molecule has 0 unspecified atom stereocenters. The Morgan fingerprint density at radius 2 is 2.25 bits per heavy atom. The van der Waals surface area contributed by atoms with Crippen LogP contribution < -0.4 is 5.32 Å². The monoisotopic (exact) mass is 306 g/mol. The van der Waals surface area contributed by atoms with E-state index in [0.29, 0.717) is 5.02 Å². The third-order valence-electron chi connectivity index (χ3n) is 2.33. The van der Waals surface area contributed by atoms with Gasteiger partial charge in [0, 0.05) is 19.3 Å². The van der Waals surface area contributed by atoms with Gasteiger partial charge in [0.2, 0.25) is 0 Å². The molecule has 16 heavy (non-hydrogen) atoms. The van der Waals surface area contributed by atoms with Crippen molar-refractivity contribution >= 4 is 33.3 Å². The molecule has 0 bridgehead atoms. The van der Waals surface area contributed by atoms with Crippen LogP contribution >= 0.6 is 27.5 Å². The Balaban J connectivity index is 2.61. The summed E-state index contributed by atoms with van der Waals surface area (Å²) in [7, 11) is 0. The molecular formula is C11H16BrClN2O. The van der Waals surface area contributed by atoms with Crippen LogP contribution in [0.25, 0.3) is 0 Å². The molecule has 0 spiro atoms. The molecule has 0 saturated heterocycles. The maximum atomic E-state index is 8.92. The molecule has 0 radical (unpaired) electrons. The highest BCUT2D eigenvalue weighted by atomic mass is 79.9. The lowest BCUT2D eigenvalue weighted by molar-refractivity contribution is 0.220. The van der Waals surface area contributed by atoms with Gasteiger partial charge in [0.25, 0.3) is 0 Å². The van der Waals surface area contributed by atoms with Crippen molar-refractivity contribution in [1.29, 1.82) is 0 Å². The fourth-order valence-corrected chi connectivity index (χ4v) is 2.04. The molecule has 0 aliphatic heterocycles. The third kappa shape index (κ3) is 4.28. The summed E-state index contributed by atoms with van der Waals surface area (Å²) < 4.78 is 0.847. The number of halogens is 2. The Bertz CT molecular complexity index is 358. The molecule has 0 atom stereocenters. The molecule has 0 aliphatic rings. The molecule has 0 amide bonds. The highest BCUT2D eigenvalue weighted by Crippen LogP contribution is 2.25. The number of hydrogen-bond donors (Lipinski definition) is 2. The van der Waals surface area contributed by atoms with Gasteiger partial charge in [-0.1, -0.05) is 25.4 Å². The average molecular weight is 308 g/mol. The van der Waals surface area contributed by atoms with E-state index in [2.05, 4.69) is 40.1 Å². The first kappa shape index (κ1) is 13.7. The van der Waals surface area contributed by atoms with Crippen molar-refractivity contribution in [3.05, 3.63) is 21.8 Å². The molecule has 1 rings (SSSR count). The number of nitrogens with zero attached hydrogens (tertiary/aromatic N) is 1. The van der Waals surface area contributed by atoms with E-state index in [4.69, 9.17) is 16.7 Å². The van der Waals surface area contributed by atoms with E-state index in [-0.39, 0.29) is 12.0 Å². The van der Waals surface area contributed by atoms with Gasteiger partial charge in [-0.15, -0.1) is 0 Å². The lowest BCUT2D eigenvalue weighted by Crippen LogP contribution is -2.24. The Labute approximate surface area is 109 Å². The van der Waals surface area contributed by atoms with Crippen molar-refractivity contribution in [3.63, 3.8) is 0 Å². The van der Waals surface area contributed by atoms with E-state index in [1.165, 1.54) is 0 Å². The van der Waals surface area contributed by atoms with E-state index < -0.39 is 0 Å². The fourth-order valence-electron chi connectivity index (χ4n) is 1.26. The second kappa shape index (κ2) is 5.84. The summed E-state index contributed by atoms with van der Waals surface area (Å²) in [6.45, 7) is 5.14. The van der Waals surface area contributed by atoms with Crippen LogP contribution in [-0.4, -0.2) is 23.2 Å². The molecule has 0 fully saturated rings. The molecule has 5 heteroatoms. The zero-order chi connectivity index (χ0) is 12.2. The number of aromatic nitrogens is 1. The van der Waals surface area contributed by atoms with Gasteiger partial charge in [-0.05, 0) is 33.8 Å². The van der Waals surface area contributed by atoms with E-state index in [1.807, 2.05) is 0 Å². The number of aliphatic hydroxyl groups is 1. The van der Waals surface area contributed by atoms with Crippen LogP contribution in [0.15, 0.2) is 16.7 Å². The van der Waals surface area contributed by atoms with Gasteiger partial charge >= 0.3 is 0 Å². The minimum Gasteiger partial charge on any atom is -0.396 e. The quantitative estimate of drug-likeness (QED) is 0.877. The summed E-state index contributed by atoms with van der Waals surface area (Å²) in [6.07, 6.45) is 2.36. The van der Waals surface area contributed by atoms with E-state index in [0.717, 1.165) is 23.3 Å². The molecule has 2 N–H and O–H groups in total. The first-order chi connectivity index (χ1) is 7.44. The smallest absolute Gasteiger partial charge is 0.140 e. The molecule has 1 aromatic heterocycles. The van der Waals surface area contributed by atoms with Crippen LogP contribution in [-0.2, 0) is 0 Å². The Morgan fingerprint density at radius 1 is 1.56 bits per heavy atom. The highest BCUT2D eigenvalue weighted by molar-refractivity contribution is 9.10. The van der Waals surface area contributed by atoms with Crippen LogP contribution in [0.2, 0.25) is 5.02 Å². The minimum atomic E-state index is 0.0372. The van der Waals surface area contributed by atoms with Crippen LogP contribution in [0.4, 0.5) is 5.82 Å². The molecule has 0 saturated carbocycles. The fraction of sp³-hybridized carbons (Fsp3) is 0.545. The first-order valence-corrected chi connectivity index (χ1v) is 6.27. The Morgan fingerprint density at radius 3 is 2.81 bits per heavy atom. The lowest BCUT2D eigenvalue weighted by atomic mass is 9.90. The van der Waals surface area contributed by atoms with E-state index >= 15 is 0 Å². The van der Waals surface area contributed by atoms with Gasteiger partial charge in [0.15, 0.2) is 0 Å². The summed E-state index contributed by atoms with van der Waals surface area (Å²) >= 11 is 9.20. The topological polar surface area (TPSA) is 45.1 Å². The Hall–Kier alpha value is -0.320. The zero-order valence-electron chi connectivity index (χ0n) is 9.43. The predicted molar refractivity (Wildman–Crippen MR) is 70.9 cm³/mol. The van der Waals surface area contributed by atoms with Crippen molar-refractivity contribution in [2.45, 2.75) is 20.3 Å². The SMILES string of the molecule is CC(C)(CCO)CNc1ncc(Cl)cc1Br. The number of pyridine rings is 1. The summed E-state index contributed by atoms with van der Waals surface area (Å²) in [5, 5.41) is 12.8. The van der Waals surface area contributed by atoms with Gasteiger partial charge in [0.1, 0.15) is 5.82 Å². The van der Waals surface area contributed by atoms with E-state index in [1.54, 1.807) is 12.3 Å². The minimum absolute atomic E-state index is 0.0372. The van der Waals surface area contributed by atoms with Crippen LogP contribution in [0.1, 0.15) is 20.3 Å². The molecule has 0 aromatic carbocycles. The van der Waals surface area contributed by atoms with Gasteiger partial charge in [-0.25, -0.2) is 4.98 Å². The van der Waals surface area contributed by atoms with Crippen molar-refractivity contribution in [3.8, 4) is 0 Å². The van der Waals surface area contributed by atoms with Gasteiger partial charge in [-0.2, -0.15) is 0 Å². The maximum Gasteiger partial charge on any atom is 0.140 e. The number of rotatable bonds is 5. The van der Waals surface area contributed by atoms with Crippen LogP contribution in [0, 0.1) is 5.41 Å². The highest BCUT2D eigenvalue weighted by Gasteiger charge is 2.17. The maximum absolute atomic E-state index is 8.92. The van der Waals surface area contributed by atoms with Crippen molar-refractivity contribution in [1.82, 2.24) is 4.98 Å². The predicted octanol–water partition coefficient (Wildman–Crippen LogP) is 3.32. The van der Waals surface area contributed by atoms with Crippen molar-refractivity contribution in [2.75, 3.05) is 18.5 Å². The van der Waals surface area contributed by atoms with Gasteiger partial charge in [-0.3, -0.25) is 0 Å². The number of anilines is 1. The molecule has 3 nitrogen and oxygen atoms in total. The molecule has 90 valence electrons. The van der Waals surface area contributed by atoms with Gasteiger partial charge in [0.05, 0.1) is 9.50 Å². The van der Waals surface area contributed by atoms with Crippen LogP contribution in [0.3, 0.4) is 0 Å². The summed E-state index contributed by atoms with van der Waals surface area (Å²) in [4.78, 5) is 4.19. The Kier molecular flexibility index (Phi) is 5.02. The van der Waals surface area contributed by atoms with Crippen molar-refractivity contribution < 1.29 is 5.11 Å². The number of nitrogens with one attached hydrogen (secondary N) is 1. The molecule has 0 aliphatic carbocycles. The number of aliphatic hydroxyl groups excluding tert-OH is 1. The van der Waals surface area contributed by atoms with Crippen LogP contribution in [0.5, 0.6) is 0 Å².